The van der Waals surface area contributed by atoms with Crippen molar-refractivity contribution in [2.75, 3.05) is 0 Å². The molecule has 2 N–H and O–H groups in total. The summed E-state index contributed by atoms with van der Waals surface area (Å²) in [7, 11) is 0. The normalized spacial score (nSPS) is 16.3. The Morgan fingerprint density at radius 1 is 1.11 bits per heavy atom. The van der Waals surface area contributed by atoms with E-state index in [0.29, 0.717) is 11.8 Å². The molecule has 2 heteroatoms. The van der Waals surface area contributed by atoms with Crippen molar-refractivity contribution in [3.05, 3.63) is 23.8 Å². The zero-order valence-corrected chi connectivity index (χ0v) is 12.9. The summed E-state index contributed by atoms with van der Waals surface area (Å²) in [4.78, 5) is 0. The summed E-state index contributed by atoms with van der Waals surface area (Å²) in [6.07, 6.45) is 3.61. The second-order valence-electron chi connectivity index (χ2n) is 6.23. The van der Waals surface area contributed by atoms with Crippen molar-refractivity contribution >= 4 is 0 Å². The van der Waals surface area contributed by atoms with Crippen molar-refractivity contribution in [3.63, 3.8) is 0 Å². The lowest BCUT2D eigenvalue weighted by Crippen LogP contribution is -2.29. The third-order valence-corrected chi connectivity index (χ3v) is 4.88. The van der Waals surface area contributed by atoms with E-state index in [-0.39, 0.29) is 16.9 Å². The Bertz CT molecular complexity index is 412. The Balaban J connectivity index is 3.04. The van der Waals surface area contributed by atoms with Crippen molar-refractivity contribution < 1.29 is 10.2 Å². The standard InChI is InChI=1S/C17H28O2/c1-6-7-10-17(5,12(2)3)13(4)14-8-9-15(18)16(19)11-14/h8-9,11-13,18-19H,6-7,10H2,1-5H3. The molecule has 2 nitrogen and oxygen atoms in total. The highest BCUT2D eigenvalue weighted by Crippen LogP contribution is 2.46. The van der Waals surface area contributed by atoms with E-state index in [1.165, 1.54) is 19.3 Å². The van der Waals surface area contributed by atoms with Gasteiger partial charge in [0.25, 0.3) is 0 Å². The summed E-state index contributed by atoms with van der Waals surface area (Å²) in [5.74, 6) is 0.859. The van der Waals surface area contributed by atoms with Gasteiger partial charge in [0.05, 0.1) is 0 Å². The molecule has 2 unspecified atom stereocenters. The highest BCUT2D eigenvalue weighted by Gasteiger charge is 2.34. The number of hydrogen-bond acceptors (Lipinski definition) is 2. The average Bonchev–Trinajstić information content (AvgIpc) is 2.38. The number of aromatic hydroxyl groups is 2. The second kappa shape index (κ2) is 6.31. The monoisotopic (exact) mass is 264 g/mol. The molecule has 19 heavy (non-hydrogen) atoms. The number of rotatable bonds is 6. The van der Waals surface area contributed by atoms with Crippen molar-refractivity contribution in [1.82, 2.24) is 0 Å². The quantitative estimate of drug-likeness (QED) is 0.705. The van der Waals surface area contributed by atoms with Gasteiger partial charge in [-0.25, -0.2) is 0 Å². The maximum Gasteiger partial charge on any atom is 0.157 e. The SMILES string of the molecule is CCCCC(C)(C(C)C)C(C)c1ccc(O)c(O)c1. The van der Waals surface area contributed by atoms with Crippen LogP contribution in [0.5, 0.6) is 11.5 Å². The minimum Gasteiger partial charge on any atom is -0.504 e. The predicted octanol–water partition coefficient (Wildman–Crippen LogP) is 5.05. The van der Waals surface area contributed by atoms with E-state index in [1.807, 2.05) is 6.07 Å². The van der Waals surface area contributed by atoms with Crippen molar-refractivity contribution in [2.45, 2.75) is 59.8 Å². The van der Waals surface area contributed by atoms with Gasteiger partial charge in [-0.2, -0.15) is 0 Å². The Labute approximate surface area is 117 Å². The molecule has 1 aromatic carbocycles. The predicted molar refractivity (Wildman–Crippen MR) is 80.7 cm³/mol. The molecule has 0 fully saturated rings. The molecule has 0 spiro atoms. The van der Waals surface area contributed by atoms with Crippen LogP contribution in [0.2, 0.25) is 0 Å². The molecule has 0 saturated carbocycles. The van der Waals surface area contributed by atoms with Gasteiger partial charge in [-0.1, -0.05) is 53.5 Å². The summed E-state index contributed by atoms with van der Waals surface area (Å²) in [5, 5.41) is 19.1. The van der Waals surface area contributed by atoms with E-state index >= 15 is 0 Å². The van der Waals surface area contributed by atoms with Gasteiger partial charge in [0.15, 0.2) is 11.5 Å². The molecule has 0 aromatic heterocycles. The molecule has 0 radical (unpaired) electrons. The zero-order valence-electron chi connectivity index (χ0n) is 12.9. The zero-order chi connectivity index (χ0) is 14.6. The van der Waals surface area contributed by atoms with E-state index in [9.17, 15) is 10.2 Å². The van der Waals surface area contributed by atoms with E-state index < -0.39 is 0 Å². The molecule has 0 aliphatic carbocycles. The lowest BCUT2D eigenvalue weighted by Gasteiger charge is -2.40. The summed E-state index contributed by atoms with van der Waals surface area (Å²) >= 11 is 0. The van der Waals surface area contributed by atoms with Crippen molar-refractivity contribution in [1.29, 1.82) is 0 Å². The van der Waals surface area contributed by atoms with E-state index in [4.69, 9.17) is 0 Å². The lowest BCUT2D eigenvalue weighted by atomic mass is 9.65. The molecular weight excluding hydrogens is 236 g/mol. The van der Waals surface area contributed by atoms with Crippen LogP contribution in [0.3, 0.4) is 0 Å². The maximum absolute atomic E-state index is 9.68. The van der Waals surface area contributed by atoms with Crippen LogP contribution in [0, 0.1) is 11.3 Å². The third-order valence-electron chi connectivity index (χ3n) is 4.88. The molecule has 0 amide bonds. The fourth-order valence-corrected chi connectivity index (χ4v) is 2.75. The summed E-state index contributed by atoms with van der Waals surface area (Å²) in [5.41, 5.74) is 1.31. The Morgan fingerprint density at radius 2 is 1.74 bits per heavy atom. The highest BCUT2D eigenvalue weighted by molar-refractivity contribution is 5.42. The fourth-order valence-electron chi connectivity index (χ4n) is 2.75. The number of phenols is 2. The van der Waals surface area contributed by atoms with Gasteiger partial charge in [0.2, 0.25) is 0 Å². The maximum atomic E-state index is 9.68. The lowest BCUT2D eigenvalue weighted by molar-refractivity contribution is 0.153. The first-order chi connectivity index (χ1) is 8.82. The number of unbranched alkanes of at least 4 members (excludes halogenated alkanes) is 1. The molecule has 108 valence electrons. The number of benzene rings is 1. The third kappa shape index (κ3) is 3.43. The van der Waals surface area contributed by atoms with Crippen molar-refractivity contribution in [3.8, 4) is 11.5 Å². The minimum absolute atomic E-state index is 0.0223. The van der Waals surface area contributed by atoms with Gasteiger partial charge >= 0.3 is 0 Å². The van der Waals surface area contributed by atoms with Gasteiger partial charge in [-0.15, -0.1) is 0 Å². The van der Waals surface area contributed by atoms with Gasteiger partial charge in [-0.05, 0) is 41.4 Å². The second-order valence-corrected chi connectivity index (χ2v) is 6.23. The van der Waals surface area contributed by atoms with Gasteiger partial charge in [0.1, 0.15) is 0 Å². The average molecular weight is 264 g/mol. The van der Waals surface area contributed by atoms with Crippen LogP contribution in [0.25, 0.3) is 0 Å². The molecule has 2 atom stereocenters. The number of hydrogen-bond donors (Lipinski definition) is 2. The molecule has 0 heterocycles. The van der Waals surface area contributed by atoms with Gasteiger partial charge < -0.3 is 10.2 Å². The molecule has 1 aromatic rings. The molecule has 0 aliphatic rings. The minimum atomic E-state index is -0.0456. The molecule has 0 aliphatic heterocycles. The smallest absolute Gasteiger partial charge is 0.157 e. The van der Waals surface area contributed by atoms with E-state index in [1.54, 1.807) is 12.1 Å². The van der Waals surface area contributed by atoms with Gasteiger partial charge in [0, 0.05) is 0 Å². The van der Waals surface area contributed by atoms with Crippen LogP contribution < -0.4 is 0 Å². The van der Waals surface area contributed by atoms with E-state index in [0.717, 1.165) is 5.56 Å². The summed E-state index contributed by atoms with van der Waals surface area (Å²) in [6.45, 7) is 11.3. The van der Waals surface area contributed by atoms with Crippen LogP contribution >= 0.6 is 0 Å². The topological polar surface area (TPSA) is 40.5 Å². The Hall–Kier alpha value is -1.18. The first-order valence-corrected chi connectivity index (χ1v) is 7.34. The molecule has 0 saturated heterocycles. The number of phenolic OH excluding ortho intramolecular Hbond substituents is 2. The Kier molecular flexibility index (Phi) is 5.28. The van der Waals surface area contributed by atoms with Crippen molar-refractivity contribution in [2.24, 2.45) is 11.3 Å². The van der Waals surface area contributed by atoms with Crippen LogP contribution in [0.4, 0.5) is 0 Å². The van der Waals surface area contributed by atoms with Crippen LogP contribution in [-0.2, 0) is 0 Å². The van der Waals surface area contributed by atoms with Crippen LogP contribution in [-0.4, -0.2) is 10.2 Å². The summed E-state index contributed by atoms with van der Waals surface area (Å²) in [6, 6.07) is 5.21. The first kappa shape index (κ1) is 15.9. The summed E-state index contributed by atoms with van der Waals surface area (Å²) < 4.78 is 0. The van der Waals surface area contributed by atoms with Crippen LogP contribution in [0.15, 0.2) is 18.2 Å². The van der Waals surface area contributed by atoms with Crippen LogP contribution in [0.1, 0.15) is 65.4 Å². The van der Waals surface area contributed by atoms with Gasteiger partial charge in [-0.3, -0.25) is 0 Å². The largest absolute Gasteiger partial charge is 0.504 e. The molecular formula is C17H28O2. The highest BCUT2D eigenvalue weighted by atomic mass is 16.3. The Morgan fingerprint density at radius 3 is 2.21 bits per heavy atom. The fraction of sp³-hybridized carbons (Fsp3) is 0.647. The molecule has 0 bridgehead atoms. The molecule has 1 rings (SSSR count). The first-order valence-electron chi connectivity index (χ1n) is 7.34. The van der Waals surface area contributed by atoms with E-state index in [2.05, 4.69) is 34.6 Å².